The predicted molar refractivity (Wildman–Crippen MR) is 76.3 cm³/mol. The molecule has 0 saturated carbocycles. The van der Waals surface area contributed by atoms with Gasteiger partial charge in [0.05, 0.1) is 11.2 Å². The van der Waals surface area contributed by atoms with Crippen molar-refractivity contribution in [2.24, 2.45) is 5.92 Å². The lowest BCUT2D eigenvalue weighted by atomic mass is 10.1. The first-order chi connectivity index (χ1) is 8.09. The van der Waals surface area contributed by atoms with Crippen molar-refractivity contribution in [3.63, 3.8) is 0 Å². The molecular formula is C14H18N2S. The number of nitrogens with two attached hydrogens (primary N) is 1. The zero-order valence-electron chi connectivity index (χ0n) is 10.5. The van der Waals surface area contributed by atoms with E-state index in [1.807, 2.05) is 23.9 Å². The molecule has 1 aromatic carbocycles. The van der Waals surface area contributed by atoms with Crippen LogP contribution in [0, 0.1) is 5.92 Å². The van der Waals surface area contributed by atoms with Crippen LogP contribution in [0.15, 0.2) is 35.4 Å². The molecule has 2 aromatic rings. The summed E-state index contributed by atoms with van der Waals surface area (Å²) in [7, 11) is 0. The highest BCUT2D eigenvalue weighted by Crippen LogP contribution is 2.34. The van der Waals surface area contributed by atoms with E-state index in [-0.39, 0.29) is 0 Å². The van der Waals surface area contributed by atoms with Crippen LogP contribution in [0.5, 0.6) is 0 Å². The number of nitrogens with zero attached hydrogens (tertiary/aromatic N) is 1. The molecule has 17 heavy (non-hydrogen) atoms. The van der Waals surface area contributed by atoms with Crippen LogP contribution in [0.2, 0.25) is 0 Å². The minimum Gasteiger partial charge on any atom is -0.397 e. The van der Waals surface area contributed by atoms with Gasteiger partial charge in [0.2, 0.25) is 0 Å². The van der Waals surface area contributed by atoms with E-state index in [1.165, 1.54) is 4.90 Å². The number of anilines is 1. The van der Waals surface area contributed by atoms with Crippen LogP contribution in [0.3, 0.4) is 0 Å². The number of hydrogen-bond acceptors (Lipinski definition) is 3. The first-order valence-corrected chi connectivity index (χ1v) is 6.77. The van der Waals surface area contributed by atoms with Gasteiger partial charge in [-0.2, -0.15) is 0 Å². The monoisotopic (exact) mass is 246 g/mol. The van der Waals surface area contributed by atoms with Gasteiger partial charge < -0.3 is 5.73 Å². The van der Waals surface area contributed by atoms with Crippen molar-refractivity contribution >= 4 is 28.4 Å². The van der Waals surface area contributed by atoms with E-state index in [0.29, 0.717) is 11.2 Å². The molecule has 1 unspecified atom stereocenters. The number of rotatable bonds is 3. The van der Waals surface area contributed by atoms with Crippen LogP contribution >= 0.6 is 11.8 Å². The van der Waals surface area contributed by atoms with Gasteiger partial charge in [0.1, 0.15) is 0 Å². The van der Waals surface area contributed by atoms with Crippen LogP contribution in [-0.4, -0.2) is 10.2 Å². The SMILES string of the molecule is CC(C)C(C)Sc1ccc(N)c2ncccc12. The summed E-state index contributed by atoms with van der Waals surface area (Å²) in [5.41, 5.74) is 7.61. The number of thioether (sulfide) groups is 1. The van der Waals surface area contributed by atoms with Crippen LogP contribution in [0.25, 0.3) is 10.9 Å². The highest BCUT2D eigenvalue weighted by Gasteiger charge is 2.12. The Labute approximate surface area is 107 Å². The molecule has 3 heteroatoms. The van der Waals surface area contributed by atoms with Gasteiger partial charge in [-0.05, 0) is 24.1 Å². The number of nitrogen functional groups attached to an aromatic ring is 1. The smallest absolute Gasteiger partial charge is 0.0942 e. The van der Waals surface area contributed by atoms with E-state index in [9.17, 15) is 0 Å². The first-order valence-electron chi connectivity index (χ1n) is 5.89. The maximum atomic E-state index is 5.94. The van der Waals surface area contributed by atoms with Crippen molar-refractivity contribution in [1.29, 1.82) is 0 Å². The molecule has 1 atom stereocenters. The summed E-state index contributed by atoms with van der Waals surface area (Å²) in [6.45, 7) is 6.75. The molecule has 1 heterocycles. The zero-order chi connectivity index (χ0) is 12.4. The average molecular weight is 246 g/mol. The minimum absolute atomic E-state index is 0.585. The Morgan fingerprint density at radius 3 is 2.65 bits per heavy atom. The lowest BCUT2D eigenvalue weighted by Gasteiger charge is -2.16. The molecule has 0 aliphatic rings. The zero-order valence-corrected chi connectivity index (χ0v) is 11.3. The van der Waals surface area contributed by atoms with E-state index in [0.717, 1.165) is 16.6 Å². The third-order valence-electron chi connectivity index (χ3n) is 3.01. The molecule has 90 valence electrons. The highest BCUT2D eigenvalue weighted by molar-refractivity contribution is 8.00. The lowest BCUT2D eigenvalue weighted by molar-refractivity contribution is 0.642. The lowest BCUT2D eigenvalue weighted by Crippen LogP contribution is -2.05. The molecule has 2 nitrogen and oxygen atoms in total. The topological polar surface area (TPSA) is 38.9 Å². The molecule has 1 aromatic heterocycles. The molecule has 0 bridgehead atoms. The quantitative estimate of drug-likeness (QED) is 0.658. The second kappa shape index (κ2) is 4.96. The van der Waals surface area contributed by atoms with Crippen LogP contribution in [-0.2, 0) is 0 Å². The maximum absolute atomic E-state index is 5.94. The third kappa shape index (κ3) is 2.55. The van der Waals surface area contributed by atoms with Crippen molar-refractivity contribution in [3.05, 3.63) is 30.5 Å². The number of hydrogen-bond donors (Lipinski definition) is 1. The molecule has 0 aliphatic heterocycles. The number of pyridine rings is 1. The van der Waals surface area contributed by atoms with Gasteiger partial charge in [0.15, 0.2) is 0 Å². The van der Waals surface area contributed by atoms with E-state index in [1.54, 1.807) is 6.20 Å². The average Bonchev–Trinajstić information content (AvgIpc) is 2.33. The fourth-order valence-corrected chi connectivity index (χ4v) is 2.72. The van der Waals surface area contributed by atoms with E-state index < -0.39 is 0 Å². The Morgan fingerprint density at radius 1 is 1.18 bits per heavy atom. The van der Waals surface area contributed by atoms with Crippen LogP contribution in [0.1, 0.15) is 20.8 Å². The van der Waals surface area contributed by atoms with Gasteiger partial charge in [0, 0.05) is 21.7 Å². The van der Waals surface area contributed by atoms with E-state index in [4.69, 9.17) is 5.73 Å². The second-order valence-electron chi connectivity index (χ2n) is 4.62. The van der Waals surface area contributed by atoms with Gasteiger partial charge in [-0.25, -0.2) is 0 Å². The Bertz CT molecular complexity index is 523. The van der Waals surface area contributed by atoms with Crippen molar-refractivity contribution in [1.82, 2.24) is 4.98 Å². The summed E-state index contributed by atoms with van der Waals surface area (Å²) < 4.78 is 0. The van der Waals surface area contributed by atoms with Gasteiger partial charge in [-0.15, -0.1) is 11.8 Å². The molecule has 0 aliphatic carbocycles. The maximum Gasteiger partial charge on any atom is 0.0942 e. The minimum atomic E-state index is 0.585. The molecule has 0 fully saturated rings. The Balaban J connectivity index is 2.45. The number of benzene rings is 1. The van der Waals surface area contributed by atoms with Crippen LogP contribution < -0.4 is 5.73 Å². The third-order valence-corrected chi connectivity index (χ3v) is 4.54. The van der Waals surface area contributed by atoms with Crippen molar-refractivity contribution in [3.8, 4) is 0 Å². The largest absolute Gasteiger partial charge is 0.397 e. The Kier molecular flexibility index (Phi) is 3.57. The predicted octanol–water partition coefficient (Wildman–Crippen LogP) is 3.95. The standard InChI is InChI=1S/C14H18N2S/c1-9(2)10(3)17-13-7-6-12(15)14-11(13)5-4-8-16-14/h4-10H,15H2,1-3H3. The van der Waals surface area contributed by atoms with Gasteiger partial charge in [-0.1, -0.05) is 26.8 Å². The summed E-state index contributed by atoms with van der Waals surface area (Å²) in [5, 5.41) is 1.74. The summed E-state index contributed by atoms with van der Waals surface area (Å²) >= 11 is 1.89. The van der Waals surface area contributed by atoms with Crippen molar-refractivity contribution in [2.45, 2.75) is 30.9 Å². The van der Waals surface area contributed by atoms with Gasteiger partial charge in [-0.3, -0.25) is 4.98 Å². The molecule has 0 radical (unpaired) electrons. The second-order valence-corrected chi connectivity index (χ2v) is 6.04. The summed E-state index contributed by atoms with van der Waals surface area (Å²) in [6.07, 6.45) is 1.79. The van der Waals surface area contributed by atoms with E-state index >= 15 is 0 Å². The molecule has 0 saturated heterocycles. The summed E-state index contributed by atoms with van der Waals surface area (Å²) in [5.74, 6) is 0.657. The molecule has 2 rings (SSSR count). The Hall–Kier alpha value is -1.22. The van der Waals surface area contributed by atoms with Crippen molar-refractivity contribution < 1.29 is 0 Å². The molecular weight excluding hydrogens is 228 g/mol. The van der Waals surface area contributed by atoms with Crippen molar-refractivity contribution in [2.75, 3.05) is 5.73 Å². The molecule has 0 amide bonds. The number of aromatic nitrogens is 1. The number of fused-ring (bicyclic) bond motifs is 1. The van der Waals surface area contributed by atoms with Crippen LogP contribution in [0.4, 0.5) is 5.69 Å². The summed E-state index contributed by atoms with van der Waals surface area (Å²) in [6, 6.07) is 8.10. The van der Waals surface area contributed by atoms with E-state index in [2.05, 4.69) is 37.9 Å². The fourth-order valence-electron chi connectivity index (χ4n) is 1.61. The first kappa shape index (κ1) is 12.2. The fraction of sp³-hybridized carbons (Fsp3) is 0.357. The summed E-state index contributed by atoms with van der Waals surface area (Å²) in [4.78, 5) is 5.62. The van der Waals surface area contributed by atoms with Gasteiger partial charge >= 0.3 is 0 Å². The Morgan fingerprint density at radius 2 is 1.94 bits per heavy atom. The normalized spacial score (nSPS) is 13.2. The molecule has 2 N–H and O–H groups in total. The molecule has 0 spiro atoms. The highest BCUT2D eigenvalue weighted by atomic mass is 32.2. The van der Waals surface area contributed by atoms with Gasteiger partial charge in [0.25, 0.3) is 0 Å².